The first-order valence-electron chi connectivity index (χ1n) is 7.09. The van der Waals surface area contributed by atoms with Gasteiger partial charge < -0.3 is 10.3 Å². The molecule has 0 saturated carbocycles. The maximum atomic E-state index is 3.33. The van der Waals surface area contributed by atoms with Crippen LogP contribution in [0.25, 0.3) is 10.9 Å². The first-order valence-corrected chi connectivity index (χ1v) is 7.09. The predicted octanol–water partition coefficient (Wildman–Crippen LogP) is 4.04. The Bertz CT molecular complexity index is 712. The summed E-state index contributed by atoms with van der Waals surface area (Å²) in [5.74, 6) is 0. The van der Waals surface area contributed by atoms with Gasteiger partial charge in [-0.15, -0.1) is 0 Å². The Morgan fingerprint density at radius 1 is 1.10 bits per heavy atom. The van der Waals surface area contributed by atoms with Crippen molar-refractivity contribution >= 4 is 10.9 Å². The quantitative estimate of drug-likeness (QED) is 0.731. The van der Waals surface area contributed by atoms with Crippen LogP contribution in [0.2, 0.25) is 0 Å². The monoisotopic (exact) mass is 264 g/mol. The molecule has 1 atom stereocenters. The molecule has 0 saturated heterocycles. The lowest BCUT2D eigenvalue weighted by Gasteiger charge is -2.16. The largest absolute Gasteiger partial charge is 0.361 e. The van der Waals surface area contributed by atoms with Crippen LogP contribution in [-0.4, -0.2) is 12.0 Å². The lowest BCUT2D eigenvalue weighted by Crippen LogP contribution is -2.14. The molecule has 2 N–H and O–H groups in total. The number of nitrogens with one attached hydrogen (secondary N) is 2. The molecule has 0 amide bonds. The predicted molar refractivity (Wildman–Crippen MR) is 85.0 cm³/mol. The summed E-state index contributed by atoms with van der Waals surface area (Å²) in [7, 11) is 2.01. The minimum absolute atomic E-state index is 0.377. The van der Waals surface area contributed by atoms with Crippen LogP contribution in [0.1, 0.15) is 29.7 Å². The van der Waals surface area contributed by atoms with Gasteiger partial charge in [0.05, 0.1) is 0 Å². The van der Waals surface area contributed by atoms with Gasteiger partial charge in [-0.2, -0.15) is 0 Å². The van der Waals surface area contributed by atoms with Gasteiger partial charge in [-0.25, -0.2) is 0 Å². The molecule has 1 aromatic heterocycles. The normalized spacial score (nSPS) is 12.7. The first-order chi connectivity index (χ1) is 9.78. The van der Waals surface area contributed by atoms with Crippen molar-refractivity contribution in [1.82, 2.24) is 10.3 Å². The van der Waals surface area contributed by atoms with E-state index in [1.807, 2.05) is 13.2 Å². The lowest BCUT2D eigenvalue weighted by molar-refractivity contribution is 0.646. The van der Waals surface area contributed by atoms with E-state index >= 15 is 0 Å². The van der Waals surface area contributed by atoms with Gasteiger partial charge in [0.2, 0.25) is 0 Å². The highest BCUT2D eigenvalue weighted by Crippen LogP contribution is 2.22. The molecule has 2 heteroatoms. The Morgan fingerprint density at radius 3 is 2.80 bits per heavy atom. The third-order valence-electron chi connectivity index (χ3n) is 3.97. The summed E-state index contributed by atoms with van der Waals surface area (Å²) in [6, 6.07) is 17.8. The number of hydrogen-bond donors (Lipinski definition) is 2. The van der Waals surface area contributed by atoms with E-state index in [-0.39, 0.29) is 0 Å². The molecule has 20 heavy (non-hydrogen) atoms. The zero-order valence-corrected chi connectivity index (χ0v) is 12.0. The van der Waals surface area contributed by atoms with Crippen LogP contribution >= 0.6 is 0 Å². The number of H-pyrrole nitrogens is 1. The molecule has 0 bridgehead atoms. The van der Waals surface area contributed by atoms with Crippen molar-refractivity contribution in [3.63, 3.8) is 0 Å². The second kappa shape index (κ2) is 5.51. The number of aromatic amines is 1. The molecule has 0 aliphatic carbocycles. The van der Waals surface area contributed by atoms with Gasteiger partial charge >= 0.3 is 0 Å². The van der Waals surface area contributed by atoms with Crippen molar-refractivity contribution in [1.29, 1.82) is 0 Å². The minimum atomic E-state index is 0.377. The Labute approximate surface area is 119 Å². The van der Waals surface area contributed by atoms with Crippen LogP contribution in [-0.2, 0) is 6.42 Å². The van der Waals surface area contributed by atoms with Gasteiger partial charge in [0, 0.05) is 17.8 Å². The van der Waals surface area contributed by atoms with Crippen LogP contribution in [0, 0.1) is 0 Å². The van der Waals surface area contributed by atoms with E-state index in [4.69, 9.17) is 0 Å². The summed E-state index contributed by atoms with van der Waals surface area (Å²) >= 11 is 0. The third kappa shape index (κ3) is 2.47. The molecule has 0 aliphatic rings. The Balaban J connectivity index is 1.94. The molecule has 0 fully saturated rings. The fraction of sp³-hybridized carbons (Fsp3) is 0.222. The van der Waals surface area contributed by atoms with Crippen LogP contribution in [0.3, 0.4) is 0 Å². The summed E-state index contributed by atoms with van der Waals surface area (Å²) in [5.41, 5.74) is 5.33. The lowest BCUT2D eigenvalue weighted by atomic mass is 9.95. The van der Waals surface area contributed by atoms with Crippen LogP contribution in [0.4, 0.5) is 0 Å². The Hall–Kier alpha value is -2.06. The maximum Gasteiger partial charge on any atom is 0.0454 e. The molecular weight excluding hydrogens is 244 g/mol. The summed E-state index contributed by atoms with van der Waals surface area (Å²) in [4.78, 5) is 3.24. The fourth-order valence-corrected chi connectivity index (χ4v) is 2.71. The van der Waals surface area contributed by atoms with Gasteiger partial charge in [0.25, 0.3) is 0 Å². The topological polar surface area (TPSA) is 27.8 Å². The van der Waals surface area contributed by atoms with Crippen LogP contribution < -0.4 is 5.32 Å². The number of benzene rings is 2. The molecule has 1 heterocycles. The molecule has 2 aromatic carbocycles. The van der Waals surface area contributed by atoms with Crippen molar-refractivity contribution in [2.45, 2.75) is 19.4 Å². The van der Waals surface area contributed by atoms with Gasteiger partial charge in [-0.3, -0.25) is 0 Å². The zero-order valence-electron chi connectivity index (χ0n) is 12.0. The van der Waals surface area contributed by atoms with Crippen molar-refractivity contribution < 1.29 is 0 Å². The van der Waals surface area contributed by atoms with E-state index in [9.17, 15) is 0 Å². The highest BCUT2D eigenvalue weighted by atomic mass is 14.9. The van der Waals surface area contributed by atoms with Crippen molar-refractivity contribution in [3.8, 4) is 0 Å². The highest BCUT2D eigenvalue weighted by molar-refractivity contribution is 5.80. The minimum Gasteiger partial charge on any atom is -0.361 e. The smallest absolute Gasteiger partial charge is 0.0454 e. The number of hydrogen-bond acceptors (Lipinski definition) is 1. The molecule has 0 aliphatic heterocycles. The van der Waals surface area contributed by atoms with E-state index in [0.29, 0.717) is 6.04 Å². The maximum absolute atomic E-state index is 3.33. The van der Waals surface area contributed by atoms with E-state index in [2.05, 4.69) is 65.8 Å². The highest BCUT2D eigenvalue weighted by Gasteiger charge is 2.09. The van der Waals surface area contributed by atoms with Crippen molar-refractivity contribution in [3.05, 3.63) is 71.4 Å². The Morgan fingerprint density at radius 2 is 1.95 bits per heavy atom. The van der Waals surface area contributed by atoms with E-state index in [0.717, 1.165) is 6.42 Å². The average molecular weight is 264 g/mol. The summed E-state index contributed by atoms with van der Waals surface area (Å²) in [6.45, 7) is 2.20. The van der Waals surface area contributed by atoms with E-state index < -0.39 is 0 Å². The number of fused-ring (bicyclic) bond motifs is 1. The average Bonchev–Trinajstić information content (AvgIpc) is 2.94. The van der Waals surface area contributed by atoms with Gasteiger partial charge in [0.15, 0.2) is 0 Å². The molecule has 0 radical (unpaired) electrons. The molecule has 3 aromatic rings. The number of aromatic nitrogens is 1. The second-order valence-electron chi connectivity index (χ2n) is 5.29. The summed E-state index contributed by atoms with van der Waals surface area (Å²) < 4.78 is 0. The summed E-state index contributed by atoms with van der Waals surface area (Å²) in [6.07, 6.45) is 2.97. The SMILES string of the molecule is CNC(C)c1ccccc1Cc1ccc2[nH]ccc2c1. The fourth-order valence-electron chi connectivity index (χ4n) is 2.71. The van der Waals surface area contributed by atoms with Crippen molar-refractivity contribution in [2.24, 2.45) is 0 Å². The molecule has 1 unspecified atom stereocenters. The zero-order chi connectivity index (χ0) is 13.9. The molecule has 3 rings (SSSR count). The first kappa shape index (κ1) is 12.9. The summed E-state index contributed by atoms with van der Waals surface area (Å²) in [5, 5.41) is 4.61. The van der Waals surface area contributed by atoms with E-state index in [1.165, 1.54) is 27.6 Å². The second-order valence-corrected chi connectivity index (χ2v) is 5.29. The third-order valence-corrected chi connectivity index (χ3v) is 3.97. The Kier molecular flexibility index (Phi) is 3.57. The van der Waals surface area contributed by atoms with Gasteiger partial charge in [0.1, 0.15) is 0 Å². The van der Waals surface area contributed by atoms with Gasteiger partial charge in [-0.05, 0) is 60.7 Å². The number of rotatable bonds is 4. The molecular formula is C18H20N2. The van der Waals surface area contributed by atoms with Gasteiger partial charge in [-0.1, -0.05) is 30.3 Å². The van der Waals surface area contributed by atoms with Crippen molar-refractivity contribution in [2.75, 3.05) is 7.05 Å². The molecule has 2 nitrogen and oxygen atoms in total. The van der Waals surface area contributed by atoms with Crippen LogP contribution in [0.15, 0.2) is 54.7 Å². The van der Waals surface area contributed by atoms with Crippen LogP contribution in [0.5, 0.6) is 0 Å². The van der Waals surface area contributed by atoms with E-state index in [1.54, 1.807) is 0 Å². The molecule has 0 spiro atoms. The molecule has 102 valence electrons. The standard InChI is InChI=1S/C18H20N2/c1-13(19-2)17-6-4-3-5-15(17)11-14-7-8-18-16(12-14)9-10-20-18/h3-10,12-13,19-20H,11H2,1-2H3.